The number of amides is 1. The Morgan fingerprint density at radius 1 is 1.30 bits per heavy atom. The predicted molar refractivity (Wildman–Crippen MR) is 101 cm³/mol. The van der Waals surface area contributed by atoms with Gasteiger partial charge in [0, 0.05) is 19.3 Å². The Hall–Kier alpha value is -3.11. The van der Waals surface area contributed by atoms with Gasteiger partial charge in [0.2, 0.25) is 11.8 Å². The van der Waals surface area contributed by atoms with Gasteiger partial charge >= 0.3 is 0 Å². The van der Waals surface area contributed by atoms with Crippen LogP contribution in [0.4, 0.5) is 5.69 Å². The molecule has 0 aliphatic carbocycles. The van der Waals surface area contributed by atoms with Gasteiger partial charge in [0.15, 0.2) is 5.75 Å². The molecule has 1 aliphatic rings. The fraction of sp³-hybridized carbons (Fsp3) is 0.350. The molecule has 1 N–H and O–H groups in total. The zero-order chi connectivity index (χ0) is 19.2. The zero-order valence-electron chi connectivity index (χ0n) is 15.4. The molecule has 1 saturated heterocycles. The molecular weight excluding hydrogens is 344 g/mol. The SMILES string of the molecule is CC1CN(C(=O)CNc2ccccc2Oc2ncccc2C#N)CC(C)O1. The first-order valence-electron chi connectivity index (χ1n) is 8.86. The third-order valence-electron chi connectivity index (χ3n) is 4.19. The fourth-order valence-electron chi connectivity index (χ4n) is 3.03. The van der Waals surface area contributed by atoms with Crippen molar-refractivity contribution in [3.63, 3.8) is 0 Å². The van der Waals surface area contributed by atoms with Crippen LogP contribution in [0.5, 0.6) is 11.6 Å². The van der Waals surface area contributed by atoms with Crippen molar-refractivity contribution in [2.24, 2.45) is 0 Å². The number of rotatable bonds is 5. The van der Waals surface area contributed by atoms with Crippen LogP contribution in [-0.2, 0) is 9.53 Å². The average Bonchev–Trinajstić information content (AvgIpc) is 2.66. The molecule has 27 heavy (non-hydrogen) atoms. The summed E-state index contributed by atoms with van der Waals surface area (Å²) in [6, 6.07) is 12.6. The quantitative estimate of drug-likeness (QED) is 0.875. The number of aromatic nitrogens is 1. The maximum absolute atomic E-state index is 12.5. The van der Waals surface area contributed by atoms with Gasteiger partial charge in [0.05, 0.1) is 24.4 Å². The lowest BCUT2D eigenvalue weighted by Gasteiger charge is -2.35. The van der Waals surface area contributed by atoms with Crippen LogP contribution in [-0.4, -0.2) is 47.6 Å². The topological polar surface area (TPSA) is 87.5 Å². The van der Waals surface area contributed by atoms with Gasteiger partial charge in [-0.15, -0.1) is 0 Å². The van der Waals surface area contributed by atoms with Crippen molar-refractivity contribution < 1.29 is 14.3 Å². The lowest BCUT2D eigenvalue weighted by Crippen LogP contribution is -2.49. The Kier molecular flexibility index (Phi) is 5.89. The molecule has 1 aromatic heterocycles. The molecule has 140 valence electrons. The second-order valence-electron chi connectivity index (χ2n) is 6.48. The van der Waals surface area contributed by atoms with E-state index in [1.807, 2.05) is 36.9 Å². The number of benzene rings is 1. The van der Waals surface area contributed by atoms with E-state index in [4.69, 9.17) is 9.47 Å². The summed E-state index contributed by atoms with van der Waals surface area (Å²) in [6.07, 6.45) is 1.63. The standard InChI is InChI=1S/C20H22N4O3/c1-14-12-24(13-15(2)26-14)19(25)11-23-17-7-3-4-8-18(17)27-20-16(10-21)6-5-9-22-20/h3-9,14-15,23H,11-13H2,1-2H3. The lowest BCUT2D eigenvalue weighted by atomic mass is 10.2. The average molecular weight is 366 g/mol. The van der Waals surface area contributed by atoms with E-state index >= 15 is 0 Å². The highest BCUT2D eigenvalue weighted by atomic mass is 16.5. The number of hydrogen-bond acceptors (Lipinski definition) is 6. The number of carbonyl (C=O) groups is 1. The van der Waals surface area contributed by atoms with E-state index in [1.165, 1.54) is 0 Å². The largest absolute Gasteiger partial charge is 0.436 e. The summed E-state index contributed by atoms with van der Waals surface area (Å²) in [4.78, 5) is 18.5. The van der Waals surface area contributed by atoms with E-state index in [9.17, 15) is 10.1 Å². The second-order valence-corrected chi connectivity index (χ2v) is 6.48. The number of hydrogen-bond donors (Lipinski definition) is 1. The van der Waals surface area contributed by atoms with Crippen molar-refractivity contribution in [2.75, 3.05) is 25.0 Å². The molecule has 2 unspecified atom stereocenters. The van der Waals surface area contributed by atoms with E-state index in [2.05, 4.69) is 16.4 Å². The van der Waals surface area contributed by atoms with E-state index in [1.54, 1.807) is 24.4 Å². The maximum Gasteiger partial charge on any atom is 0.242 e. The molecule has 2 heterocycles. The molecule has 2 atom stereocenters. The lowest BCUT2D eigenvalue weighted by molar-refractivity contribution is -0.141. The van der Waals surface area contributed by atoms with Crippen molar-refractivity contribution in [3.05, 3.63) is 48.2 Å². The van der Waals surface area contributed by atoms with Crippen LogP contribution in [0, 0.1) is 11.3 Å². The van der Waals surface area contributed by atoms with Crippen molar-refractivity contribution in [1.82, 2.24) is 9.88 Å². The summed E-state index contributed by atoms with van der Waals surface area (Å²) in [7, 11) is 0. The van der Waals surface area contributed by atoms with Gasteiger partial charge in [-0.3, -0.25) is 4.79 Å². The Morgan fingerprint density at radius 2 is 2.04 bits per heavy atom. The monoisotopic (exact) mass is 366 g/mol. The highest BCUT2D eigenvalue weighted by Crippen LogP contribution is 2.29. The summed E-state index contributed by atoms with van der Waals surface area (Å²) in [5.41, 5.74) is 1.01. The molecule has 1 aliphatic heterocycles. The van der Waals surface area contributed by atoms with Crippen molar-refractivity contribution >= 4 is 11.6 Å². The molecule has 1 aromatic carbocycles. The molecule has 3 rings (SSSR count). The minimum Gasteiger partial charge on any atom is -0.436 e. The number of pyridine rings is 1. The Morgan fingerprint density at radius 3 is 2.78 bits per heavy atom. The van der Waals surface area contributed by atoms with Crippen LogP contribution in [0.15, 0.2) is 42.6 Å². The van der Waals surface area contributed by atoms with Gasteiger partial charge in [0.1, 0.15) is 11.6 Å². The zero-order valence-corrected chi connectivity index (χ0v) is 15.4. The van der Waals surface area contributed by atoms with Crippen LogP contribution in [0.1, 0.15) is 19.4 Å². The Labute approximate surface area is 158 Å². The predicted octanol–water partition coefficient (Wildman–Crippen LogP) is 2.79. The Balaban J connectivity index is 1.68. The van der Waals surface area contributed by atoms with Crippen LogP contribution in [0.25, 0.3) is 0 Å². The summed E-state index contributed by atoms with van der Waals surface area (Å²) in [5, 5.41) is 12.3. The first kappa shape index (κ1) is 18.7. The number of ether oxygens (including phenoxy) is 2. The van der Waals surface area contributed by atoms with E-state index < -0.39 is 0 Å². The first-order valence-corrected chi connectivity index (χ1v) is 8.86. The number of nitrogens with one attached hydrogen (secondary N) is 1. The number of para-hydroxylation sites is 2. The number of carbonyl (C=O) groups excluding carboxylic acids is 1. The Bertz CT molecular complexity index is 839. The summed E-state index contributed by atoms with van der Waals surface area (Å²) in [6.45, 7) is 5.25. The van der Waals surface area contributed by atoms with Gasteiger partial charge in [-0.05, 0) is 38.1 Å². The molecule has 0 radical (unpaired) electrons. The smallest absolute Gasteiger partial charge is 0.242 e. The number of morpholine rings is 1. The molecule has 0 bridgehead atoms. The second kappa shape index (κ2) is 8.52. The molecule has 7 nitrogen and oxygen atoms in total. The van der Waals surface area contributed by atoms with Gasteiger partial charge in [-0.2, -0.15) is 5.26 Å². The minimum atomic E-state index is 0.00218. The number of nitrogens with zero attached hydrogens (tertiary/aromatic N) is 3. The molecule has 7 heteroatoms. The van der Waals surface area contributed by atoms with Crippen LogP contribution < -0.4 is 10.1 Å². The van der Waals surface area contributed by atoms with Crippen LogP contribution in [0.2, 0.25) is 0 Å². The van der Waals surface area contributed by atoms with E-state index in [-0.39, 0.29) is 30.5 Å². The van der Waals surface area contributed by atoms with Crippen molar-refractivity contribution in [3.8, 4) is 17.7 Å². The van der Waals surface area contributed by atoms with Gasteiger partial charge < -0.3 is 19.7 Å². The molecule has 1 fully saturated rings. The maximum atomic E-state index is 12.5. The molecular formula is C20H22N4O3. The van der Waals surface area contributed by atoms with E-state index in [0.29, 0.717) is 30.1 Å². The summed E-state index contributed by atoms with van der Waals surface area (Å²) >= 11 is 0. The normalized spacial score (nSPS) is 19.2. The molecule has 2 aromatic rings. The molecule has 0 spiro atoms. The summed E-state index contributed by atoms with van der Waals surface area (Å²) in [5.74, 6) is 0.739. The fourth-order valence-corrected chi connectivity index (χ4v) is 3.03. The molecule has 0 saturated carbocycles. The first-order chi connectivity index (χ1) is 13.1. The van der Waals surface area contributed by atoms with Crippen LogP contribution in [0.3, 0.4) is 0 Å². The third kappa shape index (κ3) is 4.74. The number of nitriles is 1. The minimum absolute atomic E-state index is 0.00218. The highest BCUT2D eigenvalue weighted by Gasteiger charge is 2.25. The van der Waals surface area contributed by atoms with Gasteiger partial charge in [-0.25, -0.2) is 4.98 Å². The third-order valence-corrected chi connectivity index (χ3v) is 4.19. The van der Waals surface area contributed by atoms with Gasteiger partial charge in [-0.1, -0.05) is 12.1 Å². The summed E-state index contributed by atoms with van der Waals surface area (Å²) < 4.78 is 11.5. The van der Waals surface area contributed by atoms with Crippen molar-refractivity contribution in [1.29, 1.82) is 5.26 Å². The highest BCUT2D eigenvalue weighted by molar-refractivity contribution is 5.81. The van der Waals surface area contributed by atoms with Gasteiger partial charge in [0.25, 0.3) is 0 Å². The number of anilines is 1. The van der Waals surface area contributed by atoms with Crippen molar-refractivity contribution in [2.45, 2.75) is 26.1 Å². The molecule has 1 amide bonds. The van der Waals surface area contributed by atoms with Crippen LogP contribution >= 0.6 is 0 Å². The van der Waals surface area contributed by atoms with E-state index in [0.717, 1.165) is 0 Å².